The molecule has 5 heteroatoms. The highest BCUT2D eigenvalue weighted by atomic mass is 32.2. The summed E-state index contributed by atoms with van der Waals surface area (Å²) < 4.78 is 13.7. The van der Waals surface area contributed by atoms with Gasteiger partial charge in [0.25, 0.3) is 0 Å². The molecule has 86 valence electrons. The number of anilines is 1. The average Bonchev–Trinajstić information content (AvgIpc) is 2.73. The number of nitrogens with two attached hydrogens (primary N) is 1. The minimum absolute atomic E-state index is 0.224. The van der Waals surface area contributed by atoms with Crippen LogP contribution in [0.4, 0.5) is 10.1 Å². The fraction of sp³-hybridized carbons (Fsp3) is 0.364. The third-order valence-corrected chi connectivity index (χ3v) is 3.94. The summed E-state index contributed by atoms with van der Waals surface area (Å²) >= 11 is 6.69. The van der Waals surface area contributed by atoms with Gasteiger partial charge in [-0.2, -0.15) is 11.8 Å². The predicted octanol–water partition coefficient (Wildman–Crippen LogP) is 2.38. The van der Waals surface area contributed by atoms with Crippen molar-refractivity contribution < 1.29 is 4.39 Å². The van der Waals surface area contributed by atoms with Crippen LogP contribution in [0.5, 0.6) is 0 Å². The van der Waals surface area contributed by atoms with Gasteiger partial charge in [0.1, 0.15) is 10.8 Å². The smallest absolute Gasteiger partial charge is 0.146 e. The largest absolute Gasteiger partial charge is 0.389 e. The standard InChI is InChI=1S/C11H13FN2S2/c12-9-5-7(11(13)15)1-2-10(9)14-8-3-4-16-6-8/h1-2,5,8,14H,3-4,6H2,(H2,13,15). The van der Waals surface area contributed by atoms with E-state index in [9.17, 15) is 4.39 Å². The molecule has 1 aliphatic rings. The molecule has 1 heterocycles. The molecule has 2 nitrogen and oxygen atoms in total. The molecule has 0 aromatic heterocycles. The van der Waals surface area contributed by atoms with E-state index in [2.05, 4.69) is 5.32 Å². The van der Waals surface area contributed by atoms with Crippen LogP contribution < -0.4 is 11.1 Å². The first kappa shape index (κ1) is 11.7. The van der Waals surface area contributed by atoms with Crippen molar-refractivity contribution in [1.82, 2.24) is 0 Å². The van der Waals surface area contributed by atoms with E-state index in [-0.39, 0.29) is 10.8 Å². The van der Waals surface area contributed by atoms with Gasteiger partial charge >= 0.3 is 0 Å². The Morgan fingerprint density at radius 3 is 2.94 bits per heavy atom. The first-order chi connectivity index (χ1) is 7.66. The van der Waals surface area contributed by atoms with Gasteiger partial charge in [-0.05, 0) is 30.4 Å². The van der Waals surface area contributed by atoms with Crippen LogP contribution in [-0.2, 0) is 0 Å². The third kappa shape index (κ3) is 2.65. The summed E-state index contributed by atoms with van der Waals surface area (Å²) in [6, 6.07) is 5.20. The molecule has 3 N–H and O–H groups in total. The van der Waals surface area contributed by atoms with Crippen LogP contribution in [0.2, 0.25) is 0 Å². The quantitative estimate of drug-likeness (QED) is 0.814. The zero-order chi connectivity index (χ0) is 11.5. The summed E-state index contributed by atoms with van der Waals surface area (Å²) in [6.07, 6.45) is 1.08. The average molecular weight is 256 g/mol. The van der Waals surface area contributed by atoms with Crippen molar-refractivity contribution in [1.29, 1.82) is 0 Å². The molecule has 0 saturated carbocycles. The van der Waals surface area contributed by atoms with Crippen LogP contribution in [0.3, 0.4) is 0 Å². The van der Waals surface area contributed by atoms with Crippen molar-refractivity contribution in [3.8, 4) is 0 Å². The Bertz CT molecular complexity index is 403. The zero-order valence-electron chi connectivity index (χ0n) is 8.70. The molecule has 16 heavy (non-hydrogen) atoms. The number of nitrogens with one attached hydrogen (secondary N) is 1. The lowest BCUT2D eigenvalue weighted by Gasteiger charge is -2.14. The van der Waals surface area contributed by atoms with Gasteiger partial charge in [0.05, 0.1) is 5.69 Å². The van der Waals surface area contributed by atoms with Crippen LogP contribution >= 0.6 is 24.0 Å². The first-order valence-electron chi connectivity index (χ1n) is 5.10. The van der Waals surface area contributed by atoms with Crippen LogP contribution in [-0.4, -0.2) is 22.5 Å². The van der Waals surface area contributed by atoms with Gasteiger partial charge in [-0.25, -0.2) is 4.39 Å². The number of thioether (sulfide) groups is 1. The van der Waals surface area contributed by atoms with Gasteiger partial charge in [-0.15, -0.1) is 0 Å². The molecule has 0 bridgehead atoms. The van der Waals surface area contributed by atoms with Crippen molar-refractivity contribution in [2.75, 3.05) is 16.8 Å². The lowest BCUT2D eigenvalue weighted by molar-refractivity contribution is 0.626. The van der Waals surface area contributed by atoms with Crippen LogP contribution in [0.15, 0.2) is 18.2 Å². The van der Waals surface area contributed by atoms with Gasteiger partial charge in [0.15, 0.2) is 0 Å². The fourth-order valence-corrected chi connectivity index (χ4v) is 2.93. The maximum Gasteiger partial charge on any atom is 0.146 e. The molecule has 0 radical (unpaired) electrons. The molecule has 1 aromatic rings. The Morgan fingerprint density at radius 1 is 1.56 bits per heavy atom. The molecule has 2 rings (SSSR count). The molecular weight excluding hydrogens is 243 g/mol. The van der Waals surface area contributed by atoms with Crippen LogP contribution in [0.1, 0.15) is 12.0 Å². The topological polar surface area (TPSA) is 38.0 Å². The third-order valence-electron chi connectivity index (χ3n) is 2.54. The first-order valence-corrected chi connectivity index (χ1v) is 6.67. The predicted molar refractivity (Wildman–Crippen MR) is 71.6 cm³/mol. The second kappa shape index (κ2) is 5.01. The Labute approximate surface area is 104 Å². The number of rotatable bonds is 3. The second-order valence-electron chi connectivity index (χ2n) is 3.76. The van der Waals surface area contributed by atoms with Crippen molar-refractivity contribution in [3.05, 3.63) is 29.6 Å². The number of hydrogen-bond donors (Lipinski definition) is 2. The molecule has 0 spiro atoms. The highest BCUT2D eigenvalue weighted by Gasteiger charge is 2.16. The van der Waals surface area contributed by atoms with Crippen molar-refractivity contribution in [2.45, 2.75) is 12.5 Å². The monoisotopic (exact) mass is 256 g/mol. The van der Waals surface area contributed by atoms with Gasteiger partial charge in [0, 0.05) is 17.4 Å². The van der Waals surface area contributed by atoms with Crippen molar-refractivity contribution >= 4 is 34.7 Å². The van der Waals surface area contributed by atoms with Crippen LogP contribution in [0, 0.1) is 5.82 Å². The van der Waals surface area contributed by atoms with E-state index in [1.54, 1.807) is 12.1 Å². The summed E-state index contributed by atoms with van der Waals surface area (Å²) in [4.78, 5) is 0.224. The minimum Gasteiger partial charge on any atom is -0.389 e. The lowest BCUT2D eigenvalue weighted by Crippen LogP contribution is -2.19. The van der Waals surface area contributed by atoms with E-state index in [1.165, 1.54) is 6.07 Å². The van der Waals surface area contributed by atoms with Crippen molar-refractivity contribution in [3.63, 3.8) is 0 Å². The summed E-state index contributed by atoms with van der Waals surface area (Å²) in [5, 5.41) is 3.20. The maximum atomic E-state index is 13.7. The van der Waals surface area contributed by atoms with Gasteiger partial charge in [-0.1, -0.05) is 12.2 Å². The number of benzene rings is 1. The highest BCUT2D eigenvalue weighted by Crippen LogP contribution is 2.23. The number of halogens is 1. The molecule has 1 atom stereocenters. The summed E-state index contributed by atoms with van der Waals surface area (Å²) in [5.74, 6) is 1.89. The van der Waals surface area contributed by atoms with Gasteiger partial charge < -0.3 is 11.1 Å². The molecule has 1 aromatic carbocycles. The van der Waals surface area contributed by atoms with E-state index < -0.39 is 0 Å². The summed E-state index contributed by atoms with van der Waals surface area (Å²) in [5.41, 5.74) is 6.54. The normalized spacial score (nSPS) is 19.7. The van der Waals surface area contributed by atoms with E-state index >= 15 is 0 Å². The molecule has 1 fully saturated rings. The van der Waals surface area contributed by atoms with Gasteiger partial charge in [-0.3, -0.25) is 0 Å². The SMILES string of the molecule is NC(=S)c1ccc(NC2CCSC2)c(F)c1. The fourth-order valence-electron chi connectivity index (χ4n) is 1.65. The zero-order valence-corrected chi connectivity index (χ0v) is 10.3. The van der Waals surface area contributed by atoms with Gasteiger partial charge in [0.2, 0.25) is 0 Å². The molecule has 1 saturated heterocycles. The Hall–Kier alpha value is -0.810. The minimum atomic E-state index is -0.290. The second-order valence-corrected chi connectivity index (χ2v) is 5.35. The van der Waals surface area contributed by atoms with Crippen LogP contribution in [0.25, 0.3) is 0 Å². The van der Waals surface area contributed by atoms with E-state index in [4.69, 9.17) is 18.0 Å². The van der Waals surface area contributed by atoms with Crippen molar-refractivity contribution in [2.24, 2.45) is 5.73 Å². The van der Waals surface area contributed by atoms with E-state index in [0.29, 0.717) is 17.3 Å². The Balaban J connectivity index is 2.12. The Kier molecular flexibility index (Phi) is 3.66. The Morgan fingerprint density at radius 2 is 2.38 bits per heavy atom. The lowest BCUT2D eigenvalue weighted by atomic mass is 10.1. The molecule has 1 aliphatic heterocycles. The maximum absolute atomic E-state index is 13.7. The van der Waals surface area contributed by atoms with E-state index in [1.807, 2.05) is 11.8 Å². The molecule has 0 amide bonds. The number of hydrogen-bond acceptors (Lipinski definition) is 3. The van der Waals surface area contributed by atoms with E-state index in [0.717, 1.165) is 17.9 Å². The molecule has 1 unspecified atom stereocenters. The number of thiocarbonyl (C=S) groups is 1. The highest BCUT2D eigenvalue weighted by molar-refractivity contribution is 7.99. The summed E-state index contributed by atoms with van der Waals surface area (Å²) in [7, 11) is 0. The molecular formula is C11H13FN2S2. The summed E-state index contributed by atoms with van der Waals surface area (Å²) in [6.45, 7) is 0. The molecule has 0 aliphatic carbocycles.